The molecule has 0 fully saturated rings. The zero-order valence-corrected chi connectivity index (χ0v) is 21.4. The third kappa shape index (κ3) is 8.10. The second-order valence-electron chi connectivity index (χ2n) is 7.26. The van der Waals surface area contributed by atoms with E-state index in [1.54, 1.807) is 0 Å². The fourth-order valence-corrected chi connectivity index (χ4v) is 2.85. The number of nitrogens with zero attached hydrogens (tertiary/aromatic N) is 6. The minimum Gasteiger partial charge on any atom is -0.382 e. The van der Waals surface area contributed by atoms with E-state index >= 15 is 0 Å². The Morgan fingerprint density at radius 2 is 2.00 bits per heavy atom. The number of halogens is 1. The van der Waals surface area contributed by atoms with E-state index in [9.17, 15) is 0 Å². The van der Waals surface area contributed by atoms with Gasteiger partial charge < -0.3 is 24.4 Å². The van der Waals surface area contributed by atoms with Crippen LogP contribution >= 0.6 is 24.0 Å². The molecule has 2 rings (SSSR count). The molecule has 0 aliphatic rings. The monoisotopic (exact) mass is 529 g/mol. The number of benzene rings is 1. The van der Waals surface area contributed by atoms with Crippen LogP contribution in [-0.2, 0) is 24.9 Å². The van der Waals surface area contributed by atoms with Gasteiger partial charge in [0.25, 0.3) is 0 Å². The van der Waals surface area contributed by atoms with Crippen molar-refractivity contribution in [3.05, 3.63) is 41.5 Å². The van der Waals surface area contributed by atoms with Crippen molar-refractivity contribution >= 4 is 35.6 Å². The van der Waals surface area contributed by atoms with Gasteiger partial charge in [0.05, 0.1) is 0 Å². The van der Waals surface area contributed by atoms with Gasteiger partial charge >= 0.3 is 0 Å². The van der Waals surface area contributed by atoms with Crippen molar-refractivity contribution in [1.82, 2.24) is 25.0 Å². The molecule has 1 N–H and O–H groups in total. The molecule has 1 aromatic carbocycles. The second-order valence-corrected chi connectivity index (χ2v) is 7.26. The molecule has 0 unspecified atom stereocenters. The van der Waals surface area contributed by atoms with E-state index in [0.717, 1.165) is 50.3 Å². The Labute approximate surface area is 197 Å². The van der Waals surface area contributed by atoms with Crippen LogP contribution in [0, 0.1) is 6.92 Å². The van der Waals surface area contributed by atoms with Crippen molar-refractivity contribution in [3.8, 4) is 0 Å². The predicted molar refractivity (Wildman–Crippen MR) is 134 cm³/mol. The Hall–Kier alpha value is -1.88. The molecular weight excluding hydrogens is 493 g/mol. The number of guanidine groups is 1. The first-order chi connectivity index (χ1) is 13.9. The fraction of sp³-hybridized carbons (Fsp3) is 0.571. The molecule has 1 aromatic heterocycles. The van der Waals surface area contributed by atoms with Gasteiger partial charge in [-0.1, -0.05) is 12.1 Å². The van der Waals surface area contributed by atoms with E-state index in [1.165, 1.54) is 11.3 Å². The Morgan fingerprint density at radius 1 is 1.23 bits per heavy atom. The zero-order valence-electron chi connectivity index (χ0n) is 19.1. The van der Waals surface area contributed by atoms with Crippen LogP contribution < -0.4 is 10.2 Å². The molecule has 2 aromatic rings. The maximum absolute atomic E-state index is 5.44. The summed E-state index contributed by atoms with van der Waals surface area (Å²) in [5.41, 5.74) is 2.42. The lowest BCUT2D eigenvalue weighted by molar-refractivity contribution is 0.145. The Morgan fingerprint density at radius 3 is 2.63 bits per heavy atom. The van der Waals surface area contributed by atoms with Gasteiger partial charge in [0, 0.05) is 60.2 Å². The van der Waals surface area contributed by atoms with Crippen LogP contribution in [-0.4, -0.2) is 66.5 Å². The lowest BCUT2D eigenvalue weighted by Crippen LogP contribution is -2.39. The van der Waals surface area contributed by atoms with Gasteiger partial charge in [-0.2, -0.15) is 0 Å². The first-order valence-electron chi connectivity index (χ1n) is 10.1. The van der Waals surface area contributed by atoms with E-state index in [2.05, 4.69) is 70.7 Å². The number of aliphatic imine (C=N–C) groups is 1. The first-order valence-corrected chi connectivity index (χ1v) is 10.1. The van der Waals surface area contributed by atoms with Gasteiger partial charge in [-0.05, 0) is 38.0 Å². The van der Waals surface area contributed by atoms with Crippen LogP contribution in [0.1, 0.15) is 30.6 Å². The maximum atomic E-state index is 5.44. The summed E-state index contributed by atoms with van der Waals surface area (Å²) in [4.78, 5) is 9.05. The molecule has 0 bridgehead atoms. The SMILES string of the molecule is CCOCCCNC(=NCc1nnc(C)n1C)N(C)Cc1cccc(N(C)C)c1.I. The highest BCUT2D eigenvalue weighted by Crippen LogP contribution is 2.14. The molecule has 0 spiro atoms. The molecule has 8 nitrogen and oxygen atoms in total. The molecule has 30 heavy (non-hydrogen) atoms. The quantitative estimate of drug-likeness (QED) is 0.221. The lowest BCUT2D eigenvalue weighted by atomic mass is 10.2. The normalized spacial score (nSPS) is 11.2. The molecule has 0 aliphatic heterocycles. The van der Waals surface area contributed by atoms with Gasteiger partial charge in [0.1, 0.15) is 12.4 Å². The van der Waals surface area contributed by atoms with Crippen LogP contribution in [0.4, 0.5) is 5.69 Å². The average molecular weight is 529 g/mol. The van der Waals surface area contributed by atoms with Gasteiger partial charge in [-0.25, -0.2) is 4.99 Å². The number of anilines is 1. The fourth-order valence-electron chi connectivity index (χ4n) is 2.85. The van der Waals surface area contributed by atoms with E-state index in [-0.39, 0.29) is 24.0 Å². The summed E-state index contributed by atoms with van der Waals surface area (Å²) >= 11 is 0. The van der Waals surface area contributed by atoms with Crippen LogP contribution in [0.25, 0.3) is 0 Å². The van der Waals surface area contributed by atoms with Crippen molar-refractivity contribution in [2.45, 2.75) is 33.4 Å². The standard InChI is InChI=1S/C21H35N7O.HI/c1-7-29-13-9-12-22-21(23-15-20-25-24-17(2)28(20)6)27(5)16-18-10-8-11-19(14-18)26(3)4;/h8,10-11,14H,7,9,12-13,15-16H2,1-6H3,(H,22,23);1H. The Bertz CT molecular complexity index is 791. The van der Waals surface area contributed by atoms with Gasteiger partial charge in [0.2, 0.25) is 0 Å². The topological polar surface area (TPSA) is 70.8 Å². The minimum atomic E-state index is 0. The van der Waals surface area contributed by atoms with Gasteiger partial charge in [-0.15, -0.1) is 34.2 Å². The Kier molecular flexibility index (Phi) is 11.7. The summed E-state index contributed by atoms with van der Waals surface area (Å²) in [7, 11) is 8.13. The molecule has 0 aliphatic carbocycles. The molecule has 168 valence electrons. The van der Waals surface area contributed by atoms with Crippen molar-refractivity contribution < 1.29 is 4.74 Å². The van der Waals surface area contributed by atoms with E-state index in [4.69, 9.17) is 9.73 Å². The van der Waals surface area contributed by atoms with Crippen molar-refractivity contribution in [1.29, 1.82) is 0 Å². The number of aromatic nitrogens is 3. The van der Waals surface area contributed by atoms with Crippen LogP contribution in [0.2, 0.25) is 0 Å². The summed E-state index contributed by atoms with van der Waals surface area (Å²) in [6.45, 7) is 7.49. The zero-order chi connectivity index (χ0) is 21.2. The highest BCUT2D eigenvalue weighted by atomic mass is 127. The Balaban J connectivity index is 0.00000450. The number of hydrogen-bond acceptors (Lipinski definition) is 5. The number of rotatable bonds is 10. The minimum absolute atomic E-state index is 0. The summed E-state index contributed by atoms with van der Waals surface area (Å²) in [5, 5.41) is 11.8. The van der Waals surface area contributed by atoms with E-state index < -0.39 is 0 Å². The summed E-state index contributed by atoms with van der Waals surface area (Å²) in [6.07, 6.45) is 0.930. The number of ether oxygens (including phenoxy) is 1. The predicted octanol–water partition coefficient (Wildman–Crippen LogP) is 2.81. The van der Waals surface area contributed by atoms with Crippen LogP contribution in [0.15, 0.2) is 29.3 Å². The average Bonchev–Trinajstić information content (AvgIpc) is 3.02. The van der Waals surface area contributed by atoms with Gasteiger partial charge in [0.15, 0.2) is 11.8 Å². The molecule has 1 heterocycles. The highest BCUT2D eigenvalue weighted by Gasteiger charge is 2.10. The second kappa shape index (κ2) is 13.4. The van der Waals surface area contributed by atoms with Crippen molar-refractivity contribution in [2.24, 2.45) is 12.0 Å². The van der Waals surface area contributed by atoms with E-state index in [1.807, 2.05) is 25.5 Å². The summed E-state index contributed by atoms with van der Waals surface area (Å²) < 4.78 is 7.40. The lowest BCUT2D eigenvalue weighted by Gasteiger charge is -2.23. The highest BCUT2D eigenvalue weighted by molar-refractivity contribution is 14.0. The van der Waals surface area contributed by atoms with Crippen molar-refractivity contribution in [3.63, 3.8) is 0 Å². The summed E-state index contributed by atoms with van der Waals surface area (Å²) in [5.74, 6) is 2.58. The largest absolute Gasteiger partial charge is 0.382 e. The number of hydrogen-bond donors (Lipinski definition) is 1. The van der Waals surface area contributed by atoms with Gasteiger partial charge in [-0.3, -0.25) is 0 Å². The molecule has 0 atom stereocenters. The smallest absolute Gasteiger partial charge is 0.194 e. The van der Waals surface area contributed by atoms with Crippen LogP contribution in [0.5, 0.6) is 0 Å². The van der Waals surface area contributed by atoms with E-state index in [0.29, 0.717) is 6.54 Å². The third-order valence-corrected chi connectivity index (χ3v) is 4.71. The molecular formula is C21H36IN7O. The molecule has 9 heteroatoms. The molecule has 0 radical (unpaired) electrons. The van der Waals surface area contributed by atoms with Crippen molar-refractivity contribution in [2.75, 3.05) is 45.8 Å². The summed E-state index contributed by atoms with van der Waals surface area (Å²) in [6, 6.07) is 8.55. The number of aryl methyl sites for hydroxylation is 1. The first kappa shape index (κ1) is 26.2. The van der Waals surface area contributed by atoms with Crippen LogP contribution in [0.3, 0.4) is 0 Å². The molecule has 0 saturated carbocycles. The third-order valence-electron chi connectivity index (χ3n) is 4.71. The molecule has 0 saturated heterocycles. The number of nitrogens with one attached hydrogen (secondary N) is 1. The molecule has 0 amide bonds. The maximum Gasteiger partial charge on any atom is 0.194 e.